The van der Waals surface area contributed by atoms with Crippen molar-refractivity contribution in [1.29, 1.82) is 0 Å². The number of hydrogen-bond acceptors (Lipinski definition) is 3. The molecule has 1 saturated heterocycles. The monoisotopic (exact) mass is 298 g/mol. The summed E-state index contributed by atoms with van der Waals surface area (Å²) in [7, 11) is 0. The molecule has 0 radical (unpaired) electrons. The molecule has 0 aromatic heterocycles. The smallest absolute Gasteiger partial charge is 0.254 e. The highest BCUT2D eigenvalue weighted by molar-refractivity contribution is 9.10. The van der Waals surface area contributed by atoms with Crippen molar-refractivity contribution in [3.8, 4) is 0 Å². The molecule has 0 aliphatic carbocycles. The van der Waals surface area contributed by atoms with Crippen molar-refractivity contribution in [3.63, 3.8) is 0 Å². The van der Waals surface area contributed by atoms with E-state index in [-0.39, 0.29) is 12.0 Å². The van der Waals surface area contributed by atoms with Crippen LogP contribution in [0.5, 0.6) is 0 Å². The molecule has 1 aliphatic heterocycles. The number of rotatable bonds is 1. The number of morpholine rings is 1. The van der Waals surface area contributed by atoms with Crippen LogP contribution in [0.1, 0.15) is 17.3 Å². The summed E-state index contributed by atoms with van der Waals surface area (Å²) in [5.74, 6) is 0.0286. The van der Waals surface area contributed by atoms with E-state index in [1.54, 1.807) is 18.2 Å². The van der Waals surface area contributed by atoms with Crippen LogP contribution >= 0.6 is 15.9 Å². The first-order valence-corrected chi connectivity index (χ1v) is 6.33. The molecule has 92 valence electrons. The predicted octanol–water partition coefficient (Wildman–Crippen LogP) is 1.89. The molecule has 17 heavy (non-hydrogen) atoms. The number of carbonyl (C=O) groups is 1. The molecule has 4 nitrogen and oxygen atoms in total. The molecule has 1 aromatic rings. The first-order chi connectivity index (χ1) is 8.08. The van der Waals surface area contributed by atoms with Gasteiger partial charge >= 0.3 is 0 Å². The van der Waals surface area contributed by atoms with E-state index in [4.69, 9.17) is 10.5 Å². The standard InChI is InChI=1S/C12H15BrN2O2/c1-8-7-15(4-5-17-8)12(16)9-2-3-11(14)10(13)6-9/h2-3,6,8H,4-5,7,14H2,1H3. The Kier molecular flexibility index (Phi) is 3.69. The first kappa shape index (κ1) is 12.4. The number of ether oxygens (including phenoxy) is 1. The minimum absolute atomic E-state index is 0.0286. The number of nitrogens with two attached hydrogens (primary N) is 1. The number of benzene rings is 1. The summed E-state index contributed by atoms with van der Waals surface area (Å²) in [6.45, 7) is 3.85. The Bertz CT molecular complexity index is 437. The van der Waals surface area contributed by atoms with Crippen LogP contribution in [-0.4, -0.2) is 36.6 Å². The number of amides is 1. The minimum Gasteiger partial charge on any atom is -0.398 e. The van der Waals surface area contributed by atoms with E-state index in [0.717, 1.165) is 4.47 Å². The van der Waals surface area contributed by atoms with Gasteiger partial charge in [0.25, 0.3) is 5.91 Å². The Morgan fingerprint density at radius 2 is 2.35 bits per heavy atom. The molecule has 5 heteroatoms. The lowest BCUT2D eigenvalue weighted by Gasteiger charge is -2.31. The fourth-order valence-corrected chi connectivity index (χ4v) is 2.22. The van der Waals surface area contributed by atoms with E-state index < -0.39 is 0 Å². The summed E-state index contributed by atoms with van der Waals surface area (Å²) in [6.07, 6.45) is 0.102. The van der Waals surface area contributed by atoms with Crippen LogP contribution in [-0.2, 0) is 4.74 Å². The largest absolute Gasteiger partial charge is 0.398 e. The van der Waals surface area contributed by atoms with E-state index in [9.17, 15) is 4.79 Å². The quantitative estimate of drug-likeness (QED) is 0.806. The van der Waals surface area contributed by atoms with Gasteiger partial charge in [-0.1, -0.05) is 0 Å². The zero-order valence-corrected chi connectivity index (χ0v) is 11.2. The molecule has 1 aliphatic rings. The van der Waals surface area contributed by atoms with Crippen LogP contribution in [0.25, 0.3) is 0 Å². The van der Waals surface area contributed by atoms with E-state index in [0.29, 0.717) is 30.9 Å². The van der Waals surface area contributed by atoms with E-state index in [1.807, 2.05) is 11.8 Å². The van der Waals surface area contributed by atoms with Gasteiger partial charge in [0.15, 0.2) is 0 Å². The molecule has 1 heterocycles. The van der Waals surface area contributed by atoms with Gasteiger partial charge in [-0.3, -0.25) is 4.79 Å². The summed E-state index contributed by atoms with van der Waals surface area (Å²) >= 11 is 3.33. The maximum absolute atomic E-state index is 12.2. The molecule has 1 atom stereocenters. The van der Waals surface area contributed by atoms with Crippen molar-refractivity contribution >= 4 is 27.5 Å². The molecule has 1 amide bonds. The number of halogens is 1. The van der Waals surface area contributed by atoms with Crippen molar-refractivity contribution in [2.75, 3.05) is 25.4 Å². The summed E-state index contributed by atoms with van der Waals surface area (Å²) < 4.78 is 6.17. The second-order valence-corrected chi connectivity index (χ2v) is 5.02. The zero-order chi connectivity index (χ0) is 12.4. The predicted molar refractivity (Wildman–Crippen MR) is 69.9 cm³/mol. The van der Waals surface area contributed by atoms with Crippen LogP contribution < -0.4 is 5.73 Å². The lowest BCUT2D eigenvalue weighted by Crippen LogP contribution is -2.44. The van der Waals surface area contributed by atoms with Crippen molar-refractivity contribution in [3.05, 3.63) is 28.2 Å². The van der Waals surface area contributed by atoms with Crippen molar-refractivity contribution in [2.24, 2.45) is 0 Å². The van der Waals surface area contributed by atoms with Gasteiger partial charge in [-0.05, 0) is 41.1 Å². The number of nitrogens with zero attached hydrogens (tertiary/aromatic N) is 1. The van der Waals surface area contributed by atoms with E-state index >= 15 is 0 Å². The summed E-state index contributed by atoms with van der Waals surface area (Å²) in [5, 5.41) is 0. The van der Waals surface area contributed by atoms with Crippen molar-refractivity contribution < 1.29 is 9.53 Å². The van der Waals surface area contributed by atoms with Gasteiger partial charge in [-0.15, -0.1) is 0 Å². The highest BCUT2D eigenvalue weighted by atomic mass is 79.9. The normalized spacial score (nSPS) is 20.4. The van der Waals surface area contributed by atoms with Crippen LogP contribution in [0.15, 0.2) is 22.7 Å². The fraction of sp³-hybridized carbons (Fsp3) is 0.417. The van der Waals surface area contributed by atoms with Gasteiger partial charge in [-0.2, -0.15) is 0 Å². The highest BCUT2D eigenvalue weighted by Crippen LogP contribution is 2.21. The van der Waals surface area contributed by atoms with Crippen LogP contribution in [0.2, 0.25) is 0 Å². The second-order valence-electron chi connectivity index (χ2n) is 4.17. The van der Waals surface area contributed by atoms with Gasteiger partial charge in [0.2, 0.25) is 0 Å². The molecule has 0 bridgehead atoms. The molecule has 2 rings (SSSR count). The highest BCUT2D eigenvalue weighted by Gasteiger charge is 2.22. The van der Waals surface area contributed by atoms with Crippen LogP contribution in [0.4, 0.5) is 5.69 Å². The molecular weight excluding hydrogens is 284 g/mol. The summed E-state index contributed by atoms with van der Waals surface area (Å²) in [6, 6.07) is 5.25. The average Bonchev–Trinajstić information content (AvgIpc) is 2.32. The SMILES string of the molecule is CC1CN(C(=O)c2ccc(N)c(Br)c2)CCO1. The minimum atomic E-state index is 0.0286. The topological polar surface area (TPSA) is 55.6 Å². The number of carbonyl (C=O) groups excluding carboxylic acids is 1. The van der Waals surface area contributed by atoms with Gasteiger partial charge < -0.3 is 15.4 Å². The average molecular weight is 299 g/mol. The van der Waals surface area contributed by atoms with E-state index in [1.165, 1.54) is 0 Å². The molecular formula is C12H15BrN2O2. The van der Waals surface area contributed by atoms with E-state index in [2.05, 4.69) is 15.9 Å². The Labute approximate surface area is 109 Å². The Hall–Kier alpha value is -1.07. The zero-order valence-electron chi connectivity index (χ0n) is 9.65. The molecule has 1 aromatic carbocycles. The number of hydrogen-bond donors (Lipinski definition) is 1. The lowest BCUT2D eigenvalue weighted by atomic mass is 10.1. The van der Waals surface area contributed by atoms with Gasteiger partial charge in [0.1, 0.15) is 0 Å². The number of nitrogen functional groups attached to an aromatic ring is 1. The molecule has 1 fully saturated rings. The maximum atomic E-state index is 12.2. The third kappa shape index (κ3) is 2.79. The van der Waals surface area contributed by atoms with Crippen LogP contribution in [0.3, 0.4) is 0 Å². The molecule has 1 unspecified atom stereocenters. The second kappa shape index (κ2) is 5.06. The van der Waals surface area contributed by atoms with Gasteiger partial charge in [0, 0.05) is 28.8 Å². The Balaban J connectivity index is 2.15. The third-order valence-electron chi connectivity index (χ3n) is 2.78. The third-order valence-corrected chi connectivity index (χ3v) is 3.46. The van der Waals surface area contributed by atoms with Gasteiger partial charge in [-0.25, -0.2) is 0 Å². The number of anilines is 1. The maximum Gasteiger partial charge on any atom is 0.254 e. The first-order valence-electron chi connectivity index (χ1n) is 5.54. The molecule has 0 saturated carbocycles. The van der Waals surface area contributed by atoms with Crippen molar-refractivity contribution in [1.82, 2.24) is 4.90 Å². The fourth-order valence-electron chi connectivity index (χ4n) is 1.85. The van der Waals surface area contributed by atoms with Crippen LogP contribution in [0, 0.1) is 0 Å². The molecule has 2 N–H and O–H groups in total. The Morgan fingerprint density at radius 3 is 3.00 bits per heavy atom. The summed E-state index contributed by atoms with van der Waals surface area (Å²) in [4.78, 5) is 14.0. The van der Waals surface area contributed by atoms with Gasteiger partial charge in [0.05, 0.1) is 12.7 Å². The lowest BCUT2D eigenvalue weighted by molar-refractivity contribution is -0.0124. The Morgan fingerprint density at radius 1 is 1.59 bits per heavy atom. The summed E-state index contributed by atoms with van der Waals surface area (Å²) in [5.41, 5.74) is 6.99. The van der Waals surface area contributed by atoms with Crippen molar-refractivity contribution in [2.45, 2.75) is 13.0 Å². The molecule has 0 spiro atoms.